The van der Waals surface area contributed by atoms with Gasteiger partial charge in [0.2, 0.25) is 10.0 Å². The lowest BCUT2D eigenvalue weighted by atomic mass is 10.2. The normalized spacial score (nSPS) is 12.8. The molecule has 0 radical (unpaired) electrons. The average molecular weight is 383 g/mol. The van der Waals surface area contributed by atoms with Gasteiger partial charge in [0, 0.05) is 29.8 Å². The van der Waals surface area contributed by atoms with Crippen molar-refractivity contribution in [2.45, 2.75) is 31.3 Å². The lowest BCUT2D eigenvalue weighted by Gasteiger charge is -2.13. The fourth-order valence-electron chi connectivity index (χ4n) is 2.13. The van der Waals surface area contributed by atoms with E-state index >= 15 is 0 Å². The molecule has 0 saturated carbocycles. The van der Waals surface area contributed by atoms with Crippen LogP contribution in [0.1, 0.15) is 28.0 Å². The first-order valence-corrected chi connectivity index (χ1v) is 9.98. The van der Waals surface area contributed by atoms with Gasteiger partial charge in [0.05, 0.1) is 18.0 Å². The van der Waals surface area contributed by atoms with E-state index in [0.29, 0.717) is 11.6 Å². The number of amides is 1. The zero-order valence-corrected chi connectivity index (χ0v) is 15.9. The molecule has 136 valence electrons. The zero-order valence-electron chi connectivity index (χ0n) is 14.3. The van der Waals surface area contributed by atoms with Crippen LogP contribution in [0, 0.1) is 6.92 Å². The van der Waals surface area contributed by atoms with Gasteiger partial charge in [0.1, 0.15) is 5.01 Å². The largest absolute Gasteiger partial charge is 0.383 e. The minimum Gasteiger partial charge on any atom is -0.383 e. The molecule has 0 aliphatic rings. The lowest BCUT2D eigenvalue weighted by molar-refractivity contribution is 0.0905. The Kier molecular flexibility index (Phi) is 6.65. The van der Waals surface area contributed by atoms with Gasteiger partial charge in [-0.1, -0.05) is 6.07 Å². The maximum atomic E-state index is 12.4. The number of benzene rings is 1. The fourth-order valence-corrected chi connectivity index (χ4v) is 3.96. The second kappa shape index (κ2) is 8.52. The van der Waals surface area contributed by atoms with Crippen LogP contribution in [-0.2, 0) is 21.3 Å². The molecule has 2 rings (SSSR count). The first kappa shape index (κ1) is 19.5. The van der Waals surface area contributed by atoms with E-state index in [-0.39, 0.29) is 29.0 Å². The van der Waals surface area contributed by atoms with Crippen LogP contribution in [-0.4, -0.2) is 39.1 Å². The zero-order chi connectivity index (χ0) is 18.4. The predicted molar refractivity (Wildman–Crippen MR) is 96.1 cm³/mol. The van der Waals surface area contributed by atoms with Gasteiger partial charge >= 0.3 is 0 Å². The van der Waals surface area contributed by atoms with E-state index in [1.54, 1.807) is 20.1 Å². The van der Waals surface area contributed by atoms with Crippen LogP contribution in [0.5, 0.6) is 0 Å². The molecule has 1 aromatic heterocycles. The molecule has 0 aliphatic heterocycles. The third-order valence-corrected chi connectivity index (χ3v) is 5.65. The van der Waals surface area contributed by atoms with Gasteiger partial charge in [-0.2, -0.15) is 0 Å². The van der Waals surface area contributed by atoms with Gasteiger partial charge in [-0.05, 0) is 32.0 Å². The summed E-state index contributed by atoms with van der Waals surface area (Å²) >= 11 is 1.39. The van der Waals surface area contributed by atoms with E-state index in [9.17, 15) is 13.2 Å². The molecule has 0 saturated heterocycles. The molecule has 2 aromatic rings. The summed E-state index contributed by atoms with van der Waals surface area (Å²) in [7, 11) is -2.18. The van der Waals surface area contributed by atoms with E-state index in [2.05, 4.69) is 15.0 Å². The number of carbonyl (C=O) groups excluding carboxylic acids is 1. The number of ether oxygens (including phenoxy) is 1. The van der Waals surface area contributed by atoms with Crippen molar-refractivity contribution in [2.24, 2.45) is 0 Å². The molecule has 1 amide bonds. The van der Waals surface area contributed by atoms with Gasteiger partial charge in [0.25, 0.3) is 5.91 Å². The van der Waals surface area contributed by atoms with E-state index in [0.717, 1.165) is 5.69 Å². The Balaban J connectivity index is 2.09. The van der Waals surface area contributed by atoms with Crippen LogP contribution in [0.2, 0.25) is 0 Å². The number of hydrogen-bond acceptors (Lipinski definition) is 6. The van der Waals surface area contributed by atoms with Crippen LogP contribution in [0.15, 0.2) is 34.5 Å². The highest BCUT2D eigenvalue weighted by Crippen LogP contribution is 2.14. The fraction of sp³-hybridized carbons (Fsp3) is 0.375. The van der Waals surface area contributed by atoms with Crippen molar-refractivity contribution in [1.82, 2.24) is 15.0 Å². The Bertz CT molecular complexity index is 833. The highest BCUT2D eigenvalue weighted by Gasteiger charge is 2.17. The van der Waals surface area contributed by atoms with Gasteiger partial charge in [-0.3, -0.25) is 4.79 Å². The highest BCUT2D eigenvalue weighted by atomic mass is 32.2. The molecular weight excluding hydrogens is 362 g/mol. The van der Waals surface area contributed by atoms with Gasteiger partial charge in [0.15, 0.2) is 0 Å². The second-order valence-corrected chi connectivity index (χ2v) is 8.27. The topological polar surface area (TPSA) is 97.4 Å². The van der Waals surface area contributed by atoms with Gasteiger partial charge < -0.3 is 10.1 Å². The van der Waals surface area contributed by atoms with E-state index in [1.807, 2.05) is 12.3 Å². The van der Waals surface area contributed by atoms with Gasteiger partial charge in [-0.25, -0.2) is 18.1 Å². The van der Waals surface area contributed by atoms with Crippen molar-refractivity contribution in [2.75, 3.05) is 13.7 Å². The molecule has 2 N–H and O–H groups in total. The first-order chi connectivity index (χ1) is 11.8. The van der Waals surface area contributed by atoms with Crippen molar-refractivity contribution in [3.63, 3.8) is 0 Å². The third kappa shape index (κ3) is 5.60. The summed E-state index contributed by atoms with van der Waals surface area (Å²) in [6, 6.07) is 5.73. The standard InChI is InChI=1S/C16H21N3O4S2/c1-11(9-23-3)19-16(20)13-5-4-6-14(7-13)25(21,22)17-8-15-18-12(2)10-24-15/h4-7,10-11,17H,8-9H2,1-3H3,(H,19,20)/t11-/m1/s1. The summed E-state index contributed by atoms with van der Waals surface area (Å²) in [6.45, 7) is 4.14. The molecule has 0 bridgehead atoms. The van der Waals surface area contributed by atoms with Crippen molar-refractivity contribution in [3.8, 4) is 0 Å². The number of hydrogen-bond donors (Lipinski definition) is 2. The van der Waals surface area contributed by atoms with Crippen LogP contribution in [0.4, 0.5) is 0 Å². The number of thiazole rings is 1. The summed E-state index contributed by atoms with van der Waals surface area (Å²) in [6.07, 6.45) is 0. The molecule has 0 unspecified atom stereocenters. The van der Waals surface area contributed by atoms with E-state index in [4.69, 9.17) is 4.74 Å². The number of rotatable bonds is 8. The summed E-state index contributed by atoms with van der Waals surface area (Å²) in [4.78, 5) is 16.5. The summed E-state index contributed by atoms with van der Waals surface area (Å²) in [5, 5.41) is 5.29. The van der Waals surface area contributed by atoms with Crippen LogP contribution in [0.3, 0.4) is 0 Å². The summed E-state index contributed by atoms with van der Waals surface area (Å²) in [5.41, 5.74) is 1.12. The molecule has 0 fully saturated rings. The SMILES string of the molecule is COC[C@@H](C)NC(=O)c1cccc(S(=O)(=O)NCc2nc(C)cs2)c1. The Morgan fingerprint density at radius 2 is 2.16 bits per heavy atom. The molecule has 7 nitrogen and oxygen atoms in total. The Morgan fingerprint density at radius 3 is 2.80 bits per heavy atom. The maximum Gasteiger partial charge on any atom is 0.251 e. The van der Waals surface area contributed by atoms with E-state index in [1.165, 1.54) is 29.5 Å². The molecule has 25 heavy (non-hydrogen) atoms. The Hall–Kier alpha value is -1.81. The minimum atomic E-state index is -3.73. The number of aromatic nitrogens is 1. The predicted octanol–water partition coefficient (Wildman–Crippen LogP) is 1.69. The average Bonchev–Trinajstić information content (AvgIpc) is 2.99. The number of nitrogens with one attached hydrogen (secondary N) is 2. The number of aryl methyl sites for hydroxylation is 1. The molecule has 1 heterocycles. The second-order valence-electron chi connectivity index (χ2n) is 5.56. The lowest BCUT2D eigenvalue weighted by Crippen LogP contribution is -2.35. The summed E-state index contributed by atoms with van der Waals surface area (Å²) in [5.74, 6) is -0.350. The molecule has 1 atom stereocenters. The third-order valence-electron chi connectivity index (χ3n) is 3.28. The smallest absolute Gasteiger partial charge is 0.251 e. The molecule has 0 aliphatic carbocycles. The number of methoxy groups -OCH3 is 1. The maximum absolute atomic E-state index is 12.4. The van der Waals surface area contributed by atoms with Crippen molar-refractivity contribution in [3.05, 3.63) is 45.9 Å². The number of carbonyl (C=O) groups is 1. The van der Waals surface area contributed by atoms with Crippen LogP contribution >= 0.6 is 11.3 Å². The van der Waals surface area contributed by atoms with Crippen molar-refractivity contribution >= 4 is 27.3 Å². The van der Waals surface area contributed by atoms with Crippen LogP contribution < -0.4 is 10.0 Å². The van der Waals surface area contributed by atoms with Gasteiger partial charge in [-0.15, -0.1) is 11.3 Å². The molecule has 1 aromatic carbocycles. The Labute approximate surface area is 151 Å². The summed E-state index contributed by atoms with van der Waals surface area (Å²) < 4.78 is 32.3. The quantitative estimate of drug-likeness (QED) is 0.723. The first-order valence-electron chi connectivity index (χ1n) is 7.62. The van der Waals surface area contributed by atoms with Crippen molar-refractivity contribution < 1.29 is 17.9 Å². The minimum absolute atomic E-state index is 0.0350. The Morgan fingerprint density at radius 1 is 1.40 bits per heavy atom. The van der Waals surface area contributed by atoms with Crippen LogP contribution in [0.25, 0.3) is 0 Å². The van der Waals surface area contributed by atoms with E-state index < -0.39 is 10.0 Å². The highest BCUT2D eigenvalue weighted by molar-refractivity contribution is 7.89. The number of sulfonamides is 1. The molecule has 9 heteroatoms. The monoisotopic (exact) mass is 383 g/mol. The molecular formula is C16H21N3O4S2. The molecule has 0 spiro atoms. The van der Waals surface area contributed by atoms with Crippen molar-refractivity contribution in [1.29, 1.82) is 0 Å². The number of nitrogens with zero attached hydrogens (tertiary/aromatic N) is 1.